The molecule has 0 amide bonds. The quantitative estimate of drug-likeness (QED) is 0.660. The molecule has 2 aliphatic rings. The van der Waals surface area contributed by atoms with Gasteiger partial charge in [0.1, 0.15) is 0 Å². The molecular formula is C13H14O. The van der Waals surface area contributed by atoms with Crippen molar-refractivity contribution in [1.29, 1.82) is 0 Å². The summed E-state index contributed by atoms with van der Waals surface area (Å²) >= 11 is 0. The lowest BCUT2D eigenvalue weighted by atomic mass is 9.90. The van der Waals surface area contributed by atoms with Gasteiger partial charge in [0.05, 0.1) is 6.10 Å². The van der Waals surface area contributed by atoms with E-state index in [0.717, 1.165) is 25.7 Å². The molecule has 0 saturated carbocycles. The SMILES string of the molecule is OC1CCC2=C(C1)c1ccccc1C2. The summed E-state index contributed by atoms with van der Waals surface area (Å²) in [4.78, 5) is 0. The van der Waals surface area contributed by atoms with Crippen LogP contribution in [-0.2, 0) is 6.42 Å². The zero-order valence-electron chi connectivity index (χ0n) is 8.16. The number of benzene rings is 1. The number of allylic oxidation sites excluding steroid dienone is 1. The van der Waals surface area contributed by atoms with E-state index in [1.54, 1.807) is 5.57 Å². The maximum absolute atomic E-state index is 9.65. The van der Waals surface area contributed by atoms with Crippen molar-refractivity contribution in [3.05, 3.63) is 41.0 Å². The van der Waals surface area contributed by atoms with Crippen molar-refractivity contribution in [2.75, 3.05) is 0 Å². The van der Waals surface area contributed by atoms with Gasteiger partial charge in [-0.15, -0.1) is 0 Å². The lowest BCUT2D eigenvalue weighted by Gasteiger charge is -2.19. The Labute approximate surface area is 84.1 Å². The molecule has 0 heterocycles. The minimum absolute atomic E-state index is 0.111. The Morgan fingerprint density at radius 2 is 2.07 bits per heavy atom. The third-order valence-electron chi connectivity index (χ3n) is 3.39. The molecule has 1 nitrogen and oxygen atoms in total. The van der Waals surface area contributed by atoms with Crippen LogP contribution in [0.15, 0.2) is 29.8 Å². The monoisotopic (exact) mass is 186 g/mol. The van der Waals surface area contributed by atoms with Crippen molar-refractivity contribution in [3.8, 4) is 0 Å². The number of fused-ring (bicyclic) bond motifs is 2. The second kappa shape index (κ2) is 2.96. The van der Waals surface area contributed by atoms with Gasteiger partial charge >= 0.3 is 0 Å². The van der Waals surface area contributed by atoms with Gasteiger partial charge in [0.2, 0.25) is 0 Å². The summed E-state index contributed by atoms with van der Waals surface area (Å²) in [6.45, 7) is 0. The van der Waals surface area contributed by atoms with Crippen LogP contribution in [0.5, 0.6) is 0 Å². The Bertz CT molecular complexity index is 403. The minimum Gasteiger partial charge on any atom is -0.393 e. The predicted molar refractivity (Wildman–Crippen MR) is 56.9 cm³/mol. The Kier molecular flexibility index (Phi) is 1.74. The summed E-state index contributed by atoms with van der Waals surface area (Å²) in [7, 11) is 0. The van der Waals surface area contributed by atoms with Gasteiger partial charge in [-0.1, -0.05) is 29.8 Å². The van der Waals surface area contributed by atoms with Crippen LogP contribution in [0, 0.1) is 0 Å². The maximum atomic E-state index is 9.65. The summed E-state index contributed by atoms with van der Waals surface area (Å²) in [5, 5.41) is 9.65. The summed E-state index contributed by atoms with van der Waals surface area (Å²) in [6, 6.07) is 8.60. The van der Waals surface area contributed by atoms with Crippen LogP contribution in [0.2, 0.25) is 0 Å². The molecule has 1 N–H and O–H groups in total. The molecule has 0 spiro atoms. The van der Waals surface area contributed by atoms with Gasteiger partial charge in [0, 0.05) is 0 Å². The van der Waals surface area contributed by atoms with Crippen molar-refractivity contribution in [1.82, 2.24) is 0 Å². The van der Waals surface area contributed by atoms with Crippen molar-refractivity contribution in [2.24, 2.45) is 0 Å². The van der Waals surface area contributed by atoms with Gasteiger partial charge in [0.15, 0.2) is 0 Å². The van der Waals surface area contributed by atoms with Crippen LogP contribution in [0.1, 0.15) is 30.4 Å². The first-order chi connectivity index (χ1) is 6.84. The summed E-state index contributed by atoms with van der Waals surface area (Å²) < 4.78 is 0. The van der Waals surface area contributed by atoms with Gasteiger partial charge in [-0.25, -0.2) is 0 Å². The zero-order valence-corrected chi connectivity index (χ0v) is 8.16. The van der Waals surface area contributed by atoms with Crippen LogP contribution in [0.4, 0.5) is 0 Å². The molecule has 0 radical (unpaired) electrons. The third kappa shape index (κ3) is 1.12. The molecule has 1 unspecified atom stereocenters. The van der Waals surface area contributed by atoms with Crippen LogP contribution >= 0.6 is 0 Å². The van der Waals surface area contributed by atoms with E-state index >= 15 is 0 Å². The van der Waals surface area contributed by atoms with Gasteiger partial charge in [0.25, 0.3) is 0 Å². The molecule has 72 valence electrons. The first-order valence-corrected chi connectivity index (χ1v) is 5.32. The van der Waals surface area contributed by atoms with Crippen molar-refractivity contribution < 1.29 is 5.11 Å². The van der Waals surface area contributed by atoms with Crippen LogP contribution < -0.4 is 0 Å². The summed E-state index contributed by atoms with van der Waals surface area (Å²) in [6.07, 6.45) is 3.92. The lowest BCUT2D eigenvalue weighted by molar-refractivity contribution is 0.166. The molecule has 0 fully saturated rings. The first kappa shape index (κ1) is 8.25. The molecule has 0 aromatic heterocycles. The second-order valence-corrected chi connectivity index (χ2v) is 4.31. The highest BCUT2D eigenvalue weighted by Gasteiger charge is 2.26. The fourth-order valence-electron chi connectivity index (χ4n) is 2.67. The maximum Gasteiger partial charge on any atom is 0.0583 e. The average Bonchev–Trinajstić information content (AvgIpc) is 2.56. The topological polar surface area (TPSA) is 20.2 Å². The highest BCUT2D eigenvalue weighted by atomic mass is 16.3. The van der Waals surface area contributed by atoms with E-state index in [4.69, 9.17) is 0 Å². The van der Waals surface area contributed by atoms with Gasteiger partial charge in [-0.3, -0.25) is 0 Å². The molecule has 1 aromatic carbocycles. The molecule has 14 heavy (non-hydrogen) atoms. The second-order valence-electron chi connectivity index (χ2n) is 4.31. The van der Waals surface area contributed by atoms with Crippen LogP contribution in [-0.4, -0.2) is 11.2 Å². The normalized spacial score (nSPS) is 24.8. The fourth-order valence-corrected chi connectivity index (χ4v) is 2.67. The van der Waals surface area contributed by atoms with Gasteiger partial charge < -0.3 is 5.11 Å². The van der Waals surface area contributed by atoms with Crippen molar-refractivity contribution in [2.45, 2.75) is 31.8 Å². The average molecular weight is 186 g/mol. The Morgan fingerprint density at radius 1 is 1.21 bits per heavy atom. The number of aliphatic hydroxyl groups is 1. The number of hydrogen-bond donors (Lipinski definition) is 1. The molecule has 3 rings (SSSR count). The van der Waals surface area contributed by atoms with Gasteiger partial charge in [-0.05, 0) is 42.4 Å². The molecule has 2 aliphatic carbocycles. The smallest absolute Gasteiger partial charge is 0.0583 e. The largest absolute Gasteiger partial charge is 0.393 e. The van der Waals surface area contributed by atoms with Crippen molar-refractivity contribution >= 4 is 5.57 Å². The molecule has 0 bridgehead atoms. The Hall–Kier alpha value is -1.08. The number of aliphatic hydroxyl groups excluding tert-OH is 1. The lowest BCUT2D eigenvalue weighted by Crippen LogP contribution is -2.12. The Balaban J connectivity index is 2.07. The highest BCUT2D eigenvalue weighted by Crippen LogP contribution is 2.41. The van der Waals surface area contributed by atoms with E-state index in [9.17, 15) is 5.11 Å². The Morgan fingerprint density at radius 3 is 3.00 bits per heavy atom. The molecule has 0 saturated heterocycles. The van der Waals surface area contributed by atoms with Crippen LogP contribution in [0.3, 0.4) is 0 Å². The van der Waals surface area contributed by atoms with E-state index < -0.39 is 0 Å². The first-order valence-electron chi connectivity index (χ1n) is 5.32. The zero-order chi connectivity index (χ0) is 9.54. The van der Waals surface area contributed by atoms with E-state index in [1.807, 2.05) is 0 Å². The molecule has 1 aromatic rings. The van der Waals surface area contributed by atoms with E-state index in [2.05, 4.69) is 24.3 Å². The standard InChI is InChI=1S/C13H14O/c14-11-6-5-10-7-9-3-1-2-4-12(9)13(10)8-11/h1-4,11,14H,5-8H2. The van der Waals surface area contributed by atoms with E-state index in [1.165, 1.54) is 16.7 Å². The molecule has 1 atom stereocenters. The van der Waals surface area contributed by atoms with Crippen molar-refractivity contribution in [3.63, 3.8) is 0 Å². The molecular weight excluding hydrogens is 172 g/mol. The number of rotatable bonds is 0. The third-order valence-corrected chi connectivity index (χ3v) is 3.39. The fraction of sp³-hybridized carbons (Fsp3) is 0.385. The predicted octanol–water partition coefficient (Wildman–Crippen LogP) is 2.54. The van der Waals surface area contributed by atoms with E-state index in [-0.39, 0.29) is 6.10 Å². The van der Waals surface area contributed by atoms with E-state index in [0.29, 0.717) is 0 Å². The molecule has 1 heteroatoms. The summed E-state index contributed by atoms with van der Waals surface area (Å²) in [5.41, 5.74) is 5.84. The van der Waals surface area contributed by atoms with Gasteiger partial charge in [-0.2, -0.15) is 0 Å². The minimum atomic E-state index is -0.111. The highest BCUT2D eigenvalue weighted by molar-refractivity contribution is 5.77. The number of hydrogen-bond acceptors (Lipinski definition) is 1. The molecule has 0 aliphatic heterocycles. The summed E-state index contributed by atoms with van der Waals surface area (Å²) in [5.74, 6) is 0. The van der Waals surface area contributed by atoms with Crippen LogP contribution in [0.25, 0.3) is 5.57 Å².